The Hall–Kier alpha value is -2.83. The predicted molar refractivity (Wildman–Crippen MR) is 97.8 cm³/mol. The molecule has 7 nitrogen and oxygen atoms in total. The topological polar surface area (TPSA) is 67.8 Å². The van der Waals surface area contributed by atoms with Gasteiger partial charge in [-0.1, -0.05) is 6.07 Å². The van der Waals surface area contributed by atoms with Crippen LogP contribution in [-0.4, -0.2) is 49.7 Å². The Morgan fingerprint density at radius 3 is 2.81 bits per heavy atom. The summed E-state index contributed by atoms with van der Waals surface area (Å²) >= 11 is 0. The summed E-state index contributed by atoms with van der Waals surface area (Å²) in [5, 5.41) is 0. The molecule has 0 N–H and O–H groups in total. The molecule has 1 amide bonds. The van der Waals surface area contributed by atoms with Crippen LogP contribution in [0, 0.1) is 5.41 Å². The zero-order chi connectivity index (χ0) is 18.1. The van der Waals surface area contributed by atoms with Gasteiger partial charge in [-0.15, -0.1) is 0 Å². The van der Waals surface area contributed by atoms with E-state index in [9.17, 15) is 4.79 Å². The summed E-state index contributed by atoms with van der Waals surface area (Å²) in [7, 11) is 3.23. The van der Waals surface area contributed by atoms with Crippen molar-refractivity contribution in [1.29, 1.82) is 0 Å². The smallest absolute Gasteiger partial charge is 0.227 e. The maximum atomic E-state index is 12.7. The lowest BCUT2D eigenvalue weighted by molar-refractivity contribution is -0.117. The van der Waals surface area contributed by atoms with Gasteiger partial charge in [0, 0.05) is 49.3 Å². The number of rotatable bonds is 4. The van der Waals surface area contributed by atoms with E-state index in [0.717, 1.165) is 43.3 Å². The van der Waals surface area contributed by atoms with Gasteiger partial charge in [-0.2, -0.15) is 0 Å². The molecule has 0 saturated carbocycles. The zero-order valence-electron chi connectivity index (χ0n) is 15.0. The number of methoxy groups -OCH3 is 2. The third-order valence-corrected chi connectivity index (χ3v) is 5.28. The quantitative estimate of drug-likeness (QED) is 0.838. The maximum Gasteiger partial charge on any atom is 0.227 e. The summed E-state index contributed by atoms with van der Waals surface area (Å²) in [5.41, 5.74) is 0.853. The van der Waals surface area contributed by atoms with Gasteiger partial charge in [0.05, 0.1) is 14.2 Å². The fourth-order valence-electron chi connectivity index (χ4n) is 3.93. The predicted octanol–water partition coefficient (Wildman–Crippen LogP) is 2.13. The summed E-state index contributed by atoms with van der Waals surface area (Å²) in [6.45, 7) is 2.40. The lowest BCUT2D eigenvalue weighted by atomic mass is 9.86. The van der Waals surface area contributed by atoms with Crippen molar-refractivity contribution in [2.45, 2.75) is 12.8 Å². The molecule has 1 spiro atoms. The molecule has 1 aromatic heterocycles. The van der Waals surface area contributed by atoms with Crippen LogP contribution < -0.4 is 19.3 Å². The molecule has 4 rings (SSSR count). The van der Waals surface area contributed by atoms with Crippen molar-refractivity contribution in [3.63, 3.8) is 0 Å². The third kappa shape index (κ3) is 2.94. The Labute approximate surface area is 152 Å². The van der Waals surface area contributed by atoms with E-state index in [1.54, 1.807) is 14.2 Å². The average Bonchev–Trinajstić information content (AvgIpc) is 3.24. The van der Waals surface area contributed by atoms with Gasteiger partial charge in [0.15, 0.2) is 0 Å². The van der Waals surface area contributed by atoms with E-state index in [2.05, 4.69) is 14.9 Å². The van der Waals surface area contributed by atoms with E-state index in [-0.39, 0.29) is 11.3 Å². The summed E-state index contributed by atoms with van der Waals surface area (Å²) in [6.07, 6.45) is 3.04. The van der Waals surface area contributed by atoms with Crippen LogP contribution in [0.2, 0.25) is 0 Å². The molecule has 2 saturated heterocycles. The van der Waals surface area contributed by atoms with E-state index in [4.69, 9.17) is 9.47 Å². The number of amides is 1. The molecular weight excluding hydrogens is 332 g/mol. The van der Waals surface area contributed by atoms with Crippen LogP contribution in [0.1, 0.15) is 12.8 Å². The van der Waals surface area contributed by atoms with Crippen molar-refractivity contribution < 1.29 is 14.3 Å². The van der Waals surface area contributed by atoms with Crippen molar-refractivity contribution in [3.05, 3.63) is 36.7 Å². The van der Waals surface area contributed by atoms with Crippen LogP contribution >= 0.6 is 0 Å². The average molecular weight is 354 g/mol. The van der Waals surface area contributed by atoms with Gasteiger partial charge >= 0.3 is 0 Å². The molecule has 0 radical (unpaired) electrons. The first-order valence-electron chi connectivity index (χ1n) is 8.68. The second kappa shape index (κ2) is 6.48. The Morgan fingerprint density at radius 2 is 2.00 bits per heavy atom. The first kappa shape index (κ1) is 16.6. The summed E-state index contributed by atoms with van der Waals surface area (Å²) in [6, 6.07) is 9.52. The molecule has 0 aliphatic carbocycles. The van der Waals surface area contributed by atoms with Gasteiger partial charge in [-0.05, 0) is 18.6 Å². The number of carbonyl (C=O) groups is 1. The van der Waals surface area contributed by atoms with E-state index in [0.29, 0.717) is 12.3 Å². The normalized spacial score (nSPS) is 22.3. The highest BCUT2D eigenvalue weighted by molar-refractivity contribution is 5.96. The van der Waals surface area contributed by atoms with Gasteiger partial charge in [-0.3, -0.25) is 4.79 Å². The third-order valence-electron chi connectivity index (χ3n) is 5.28. The molecule has 26 heavy (non-hydrogen) atoms. The van der Waals surface area contributed by atoms with Crippen molar-refractivity contribution in [2.75, 3.05) is 43.7 Å². The number of anilines is 2. The number of hydrogen-bond acceptors (Lipinski definition) is 6. The second-order valence-corrected chi connectivity index (χ2v) is 6.95. The van der Waals surface area contributed by atoms with Gasteiger partial charge in [0.2, 0.25) is 11.8 Å². The number of nitrogens with zero attached hydrogens (tertiary/aromatic N) is 4. The van der Waals surface area contributed by atoms with Crippen LogP contribution in [-0.2, 0) is 4.79 Å². The van der Waals surface area contributed by atoms with Gasteiger partial charge in [-0.25, -0.2) is 9.97 Å². The zero-order valence-corrected chi connectivity index (χ0v) is 15.0. The number of hydrogen-bond donors (Lipinski definition) is 0. The highest BCUT2D eigenvalue weighted by Gasteiger charge is 2.48. The molecule has 1 aromatic carbocycles. The first-order chi connectivity index (χ1) is 12.6. The molecule has 136 valence electrons. The van der Waals surface area contributed by atoms with E-state index in [1.807, 2.05) is 35.2 Å². The number of ether oxygens (including phenoxy) is 2. The molecular formula is C19H22N4O3. The van der Waals surface area contributed by atoms with Crippen molar-refractivity contribution in [2.24, 2.45) is 5.41 Å². The van der Waals surface area contributed by atoms with Gasteiger partial charge < -0.3 is 19.3 Å². The monoisotopic (exact) mass is 354 g/mol. The number of aromatic nitrogens is 2. The first-order valence-corrected chi connectivity index (χ1v) is 8.68. The molecule has 3 heterocycles. The second-order valence-electron chi connectivity index (χ2n) is 6.95. The highest BCUT2D eigenvalue weighted by Crippen LogP contribution is 2.43. The minimum absolute atomic E-state index is 0.0433. The van der Waals surface area contributed by atoms with Crippen LogP contribution in [0.5, 0.6) is 11.6 Å². The molecule has 2 fully saturated rings. The van der Waals surface area contributed by atoms with Crippen LogP contribution in [0.3, 0.4) is 0 Å². The SMILES string of the molecule is COc1cccc(N2C[C@]3(CCN(c4cc(OC)ncn4)C3)CC2=O)c1. The maximum absolute atomic E-state index is 12.7. The van der Waals surface area contributed by atoms with E-state index >= 15 is 0 Å². The van der Waals surface area contributed by atoms with E-state index in [1.165, 1.54) is 6.33 Å². The Bertz CT molecular complexity index is 828. The molecule has 2 aromatic rings. The minimum Gasteiger partial charge on any atom is -0.497 e. The lowest BCUT2D eigenvalue weighted by Crippen LogP contribution is -2.31. The fraction of sp³-hybridized carbons (Fsp3) is 0.421. The van der Waals surface area contributed by atoms with Crippen molar-refractivity contribution >= 4 is 17.4 Å². The highest BCUT2D eigenvalue weighted by atomic mass is 16.5. The molecule has 0 bridgehead atoms. The largest absolute Gasteiger partial charge is 0.497 e. The molecule has 1 atom stereocenters. The van der Waals surface area contributed by atoms with Crippen LogP contribution in [0.4, 0.5) is 11.5 Å². The Kier molecular flexibility index (Phi) is 4.14. The van der Waals surface area contributed by atoms with E-state index < -0.39 is 0 Å². The van der Waals surface area contributed by atoms with Crippen molar-refractivity contribution in [1.82, 2.24) is 9.97 Å². The molecule has 2 aliphatic rings. The summed E-state index contributed by atoms with van der Waals surface area (Å²) in [4.78, 5) is 25.2. The molecule has 2 aliphatic heterocycles. The lowest BCUT2D eigenvalue weighted by Gasteiger charge is -2.24. The van der Waals surface area contributed by atoms with Gasteiger partial charge in [0.25, 0.3) is 0 Å². The van der Waals surface area contributed by atoms with Crippen LogP contribution in [0.25, 0.3) is 0 Å². The summed E-state index contributed by atoms with van der Waals surface area (Å²) in [5.74, 6) is 2.33. The van der Waals surface area contributed by atoms with Gasteiger partial charge in [0.1, 0.15) is 17.9 Å². The molecule has 0 unspecified atom stereocenters. The Morgan fingerprint density at radius 1 is 1.12 bits per heavy atom. The number of benzene rings is 1. The van der Waals surface area contributed by atoms with Crippen molar-refractivity contribution in [3.8, 4) is 11.6 Å². The number of carbonyl (C=O) groups excluding carboxylic acids is 1. The fourth-order valence-corrected chi connectivity index (χ4v) is 3.93. The Balaban J connectivity index is 1.52. The minimum atomic E-state index is -0.0433. The summed E-state index contributed by atoms with van der Waals surface area (Å²) < 4.78 is 10.5. The molecule has 7 heteroatoms. The van der Waals surface area contributed by atoms with Crippen LogP contribution in [0.15, 0.2) is 36.7 Å². The standard InChI is InChI=1S/C19H22N4O3/c1-25-15-5-3-4-14(8-15)23-12-19(10-18(23)24)6-7-22(11-19)16-9-17(26-2)21-13-20-16/h3-5,8-9,13H,6-7,10-12H2,1-2H3/t19-/m1/s1.